The monoisotopic (exact) mass is 169 g/mol. The Hall–Kier alpha value is -0.870. The predicted octanol–water partition coefficient (Wildman–Crippen LogP) is 0.248. The summed E-state index contributed by atoms with van der Waals surface area (Å²) in [5.74, 6) is 0. The smallest absolute Gasteiger partial charge is 0.0662 e. The van der Waals surface area contributed by atoms with E-state index in [4.69, 9.17) is 10.5 Å². The highest BCUT2D eigenvalue weighted by molar-refractivity contribution is 4.77. The van der Waals surface area contributed by atoms with Gasteiger partial charge in [-0.3, -0.25) is 4.68 Å². The number of ether oxygens (including phenoxy) is 1. The third-order valence-corrected chi connectivity index (χ3v) is 1.52. The summed E-state index contributed by atoms with van der Waals surface area (Å²) in [5, 5.41) is 4.05. The van der Waals surface area contributed by atoms with Crippen molar-refractivity contribution in [2.24, 2.45) is 5.73 Å². The molecule has 1 heterocycles. The Kier molecular flexibility index (Phi) is 4.41. The molecule has 0 amide bonds. The van der Waals surface area contributed by atoms with Crippen LogP contribution in [0.3, 0.4) is 0 Å². The molecule has 0 aromatic carbocycles. The highest BCUT2D eigenvalue weighted by Crippen LogP contribution is 1.86. The third kappa shape index (κ3) is 3.50. The van der Waals surface area contributed by atoms with Crippen LogP contribution in [-0.2, 0) is 11.3 Å². The molecule has 0 bridgehead atoms. The van der Waals surface area contributed by atoms with Gasteiger partial charge in [0.1, 0.15) is 0 Å². The lowest BCUT2D eigenvalue weighted by Crippen LogP contribution is -2.09. The van der Waals surface area contributed by atoms with Gasteiger partial charge >= 0.3 is 0 Å². The average Bonchev–Trinajstić information content (AvgIpc) is 2.57. The van der Waals surface area contributed by atoms with Crippen LogP contribution in [0.25, 0.3) is 0 Å². The third-order valence-electron chi connectivity index (χ3n) is 1.52. The number of nitrogens with zero attached hydrogens (tertiary/aromatic N) is 2. The Balaban J connectivity index is 1.96. The normalized spacial score (nSPS) is 10.4. The van der Waals surface area contributed by atoms with E-state index in [0.717, 1.165) is 19.6 Å². The van der Waals surface area contributed by atoms with Gasteiger partial charge in [-0.05, 0) is 19.0 Å². The van der Waals surface area contributed by atoms with Crippen LogP contribution in [0.5, 0.6) is 0 Å². The molecular formula is C8H15N3O. The van der Waals surface area contributed by atoms with Crippen molar-refractivity contribution >= 4 is 0 Å². The van der Waals surface area contributed by atoms with Crippen LogP contribution < -0.4 is 5.73 Å². The molecular weight excluding hydrogens is 154 g/mol. The first-order chi connectivity index (χ1) is 5.93. The van der Waals surface area contributed by atoms with E-state index in [2.05, 4.69) is 5.10 Å². The van der Waals surface area contributed by atoms with E-state index in [1.165, 1.54) is 0 Å². The molecule has 0 fully saturated rings. The number of rotatable bonds is 6. The van der Waals surface area contributed by atoms with Crippen molar-refractivity contribution in [1.82, 2.24) is 9.78 Å². The molecule has 2 N–H and O–H groups in total. The summed E-state index contributed by atoms with van der Waals surface area (Å²) in [6, 6.07) is 1.90. The molecule has 0 spiro atoms. The molecule has 1 rings (SSSR count). The van der Waals surface area contributed by atoms with Crippen molar-refractivity contribution in [3.8, 4) is 0 Å². The van der Waals surface area contributed by atoms with Gasteiger partial charge < -0.3 is 10.5 Å². The molecule has 1 aromatic heterocycles. The zero-order valence-corrected chi connectivity index (χ0v) is 7.15. The van der Waals surface area contributed by atoms with E-state index in [0.29, 0.717) is 13.2 Å². The van der Waals surface area contributed by atoms with Crippen LogP contribution in [0.2, 0.25) is 0 Å². The number of hydrogen-bond acceptors (Lipinski definition) is 3. The summed E-state index contributed by atoms with van der Waals surface area (Å²) in [4.78, 5) is 0. The highest BCUT2D eigenvalue weighted by atomic mass is 16.5. The van der Waals surface area contributed by atoms with Crippen molar-refractivity contribution < 1.29 is 4.74 Å². The second-order valence-electron chi connectivity index (χ2n) is 2.52. The SMILES string of the molecule is NCCCOCCn1cccn1. The van der Waals surface area contributed by atoms with Gasteiger partial charge in [0.15, 0.2) is 0 Å². The summed E-state index contributed by atoms with van der Waals surface area (Å²) in [6.07, 6.45) is 4.62. The van der Waals surface area contributed by atoms with E-state index in [1.54, 1.807) is 6.20 Å². The summed E-state index contributed by atoms with van der Waals surface area (Å²) >= 11 is 0. The van der Waals surface area contributed by atoms with E-state index in [1.807, 2.05) is 16.9 Å². The molecule has 12 heavy (non-hydrogen) atoms. The summed E-state index contributed by atoms with van der Waals surface area (Å²) in [7, 11) is 0. The lowest BCUT2D eigenvalue weighted by molar-refractivity contribution is 0.123. The largest absolute Gasteiger partial charge is 0.379 e. The minimum atomic E-state index is 0.696. The topological polar surface area (TPSA) is 53.1 Å². The quantitative estimate of drug-likeness (QED) is 0.621. The zero-order chi connectivity index (χ0) is 8.65. The Labute approximate surface area is 72.3 Å². The second kappa shape index (κ2) is 5.74. The van der Waals surface area contributed by atoms with Crippen molar-refractivity contribution in [2.45, 2.75) is 13.0 Å². The Morgan fingerprint density at radius 3 is 3.00 bits per heavy atom. The fraction of sp³-hybridized carbons (Fsp3) is 0.625. The number of nitrogens with two attached hydrogens (primary N) is 1. The molecule has 1 aromatic rings. The number of aromatic nitrogens is 2. The summed E-state index contributed by atoms with van der Waals surface area (Å²) in [6.45, 7) is 2.97. The zero-order valence-electron chi connectivity index (χ0n) is 7.15. The minimum absolute atomic E-state index is 0.696. The summed E-state index contributed by atoms with van der Waals surface area (Å²) in [5.41, 5.74) is 5.31. The Morgan fingerprint density at radius 1 is 1.42 bits per heavy atom. The lowest BCUT2D eigenvalue weighted by atomic mass is 10.5. The van der Waals surface area contributed by atoms with Gasteiger partial charge in [0.2, 0.25) is 0 Å². The average molecular weight is 169 g/mol. The van der Waals surface area contributed by atoms with E-state index in [9.17, 15) is 0 Å². The molecule has 4 heteroatoms. The van der Waals surface area contributed by atoms with Crippen LogP contribution >= 0.6 is 0 Å². The lowest BCUT2D eigenvalue weighted by Gasteiger charge is -2.02. The molecule has 68 valence electrons. The van der Waals surface area contributed by atoms with Gasteiger partial charge in [-0.15, -0.1) is 0 Å². The molecule has 0 aliphatic heterocycles. The molecule has 4 nitrogen and oxygen atoms in total. The summed E-state index contributed by atoms with van der Waals surface area (Å²) < 4.78 is 7.16. The minimum Gasteiger partial charge on any atom is -0.379 e. The van der Waals surface area contributed by atoms with Gasteiger partial charge in [-0.2, -0.15) is 5.10 Å². The molecule has 0 unspecified atom stereocenters. The molecule has 0 saturated carbocycles. The van der Waals surface area contributed by atoms with Crippen LogP contribution in [0.4, 0.5) is 0 Å². The molecule has 0 saturated heterocycles. The van der Waals surface area contributed by atoms with E-state index < -0.39 is 0 Å². The van der Waals surface area contributed by atoms with Gasteiger partial charge in [0.25, 0.3) is 0 Å². The van der Waals surface area contributed by atoms with Crippen molar-refractivity contribution in [2.75, 3.05) is 19.8 Å². The first kappa shape index (κ1) is 9.22. The maximum absolute atomic E-state index is 5.31. The van der Waals surface area contributed by atoms with Crippen LogP contribution in [0.15, 0.2) is 18.5 Å². The maximum Gasteiger partial charge on any atom is 0.0662 e. The van der Waals surface area contributed by atoms with Gasteiger partial charge in [0, 0.05) is 19.0 Å². The van der Waals surface area contributed by atoms with Gasteiger partial charge in [0.05, 0.1) is 13.2 Å². The predicted molar refractivity (Wildman–Crippen MR) is 46.7 cm³/mol. The maximum atomic E-state index is 5.31. The van der Waals surface area contributed by atoms with Crippen LogP contribution in [0, 0.1) is 0 Å². The van der Waals surface area contributed by atoms with Crippen molar-refractivity contribution in [1.29, 1.82) is 0 Å². The molecule has 0 aliphatic rings. The standard InChI is InChI=1S/C8H15N3O/c9-3-1-7-12-8-6-11-5-2-4-10-11/h2,4-5H,1,3,6-9H2. The Morgan fingerprint density at radius 2 is 2.33 bits per heavy atom. The first-order valence-electron chi connectivity index (χ1n) is 4.18. The van der Waals surface area contributed by atoms with E-state index in [-0.39, 0.29) is 0 Å². The van der Waals surface area contributed by atoms with Crippen molar-refractivity contribution in [3.63, 3.8) is 0 Å². The molecule has 0 atom stereocenters. The van der Waals surface area contributed by atoms with Gasteiger partial charge in [-0.1, -0.05) is 0 Å². The van der Waals surface area contributed by atoms with Crippen LogP contribution in [0.1, 0.15) is 6.42 Å². The highest BCUT2D eigenvalue weighted by Gasteiger charge is 1.90. The molecule has 0 aliphatic carbocycles. The fourth-order valence-corrected chi connectivity index (χ4v) is 0.878. The van der Waals surface area contributed by atoms with Crippen molar-refractivity contribution in [3.05, 3.63) is 18.5 Å². The second-order valence-corrected chi connectivity index (χ2v) is 2.52. The van der Waals surface area contributed by atoms with Crippen LogP contribution in [-0.4, -0.2) is 29.5 Å². The number of hydrogen-bond donors (Lipinski definition) is 1. The molecule has 0 radical (unpaired) electrons. The van der Waals surface area contributed by atoms with Gasteiger partial charge in [-0.25, -0.2) is 0 Å². The Bertz CT molecular complexity index is 186. The fourth-order valence-electron chi connectivity index (χ4n) is 0.878. The van der Waals surface area contributed by atoms with E-state index >= 15 is 0 Å². The first-order valence-corrected chi connectivity index (χ1v) is 4.18.